The summed E-state index contributed by atoms with van der Waals surface area (Å²) in [6.07, 6.45) is 0. The quantitative estimate of drug-likeness (QED) is 0.500. The molecule has 154 valence electrons. The molecule has 0 aromatic heterocycles. The van der Waals surface area contributed by atoms with E-state index in [1.54, 1.807) is 72.4 Å². The van der Waals surface area contributed by atoms with Gasteiger partial charge in [-0.3, -0.25) is 9.59 Å². The average molecular weight is 424 g/mol. The van der Waals surface area contributed by atoms with Crippen LogP contribution >= 0.6 is 11.8 Å². The first-order valence-electron chi connectivity index (χ1n) is 9.30. The molecule has 30 heavy (non-hydrogen) atoms. The van der Waals surface area contributed by atoms with E-state index in [1.807, 2.05) is 6.07 Å². The number of nitrogens with one attached hydrogen (secondary N) is 1. The van der Waals surface area contributed by atoms with Crippen LogP contribution in [0.4, 0.5) is 4.39 Å². The summed E-state index contributed by atoms with van der Waals surface area (Å²) in [7, 11) is 0. The third kappa shape index (κ3) is 6.09. The van der Waals surface area contributed by atoms with Crippen molar-refractivity contribution >= 4 is 23.6 Å². The molecule has 2 amide bonds. The lowest BCUT2D eigenvalue weighted by atomic mass is 10.2. The molecule has 3 N–H and O–H groups in total. The van der Waals surface area contributed by atoms with Gasteiger partial charge in [-0.2, -0.15) is 11.8 Å². The van der Waals surface area contributed by atoms with Crippen molar-refractivity contribution in [3.63, 3.8) is 0 Å². The summed E-state index contributed by atoms with van der Waals surface area (Å²) in [6, 6.07) is 19.9. The van der Waals surface area contributed by atoms with Crippen molar-refractivity contribution in [1.82, 2.24) is 5.32 Å². The van der Waals surface area contributed by atoms with Gasteiger partial charge < -0.3 is 15.8 Å². The lowest BCUT2D eigenvalue weighted by Gasteiger charge is -2.08. The standard InChI is InChI=1S/C23H21FN2O3S/c24-21-4-2-1-3-18(21)15-30-14-13-26-23(28)17-7-11-20(12-8-17)29-19-9-5-16(6-10-19)22(25)27/h1-12H,13-15H2,(H2,25,27)(H,26,28). The number of nitrogens with two attached hydrogens (primary N) is 1. The van der Waals surface area contributed by atoms with Crippen molar-refractivity contribution < 1.29 is 18.7 Å². The molecule has 3 aromatic rings. The fraction of sp³-hybridized carbons (Fsp3) is 0.130. The first-order valence-corrected chi connectivity index (χ1v) is 10.5. The third-order valence-electron chi connectivity index (χ3n) is 4.24. The van der Waals surface area contributed by atoms with E-state index in [1.165, 1.54) is 6.07 Å². The second-order valence-corrected chi connectivity index (χ2v) is 7.52. The lowest BCUT2D eigenvalue weighted by Crippen LogP contribution is -2.25. The molecule has 7 heteroatoms. The molecule has 0 fully saturated rings. The second kappa shape index (κ2) is 10.5. The minimum atomic E-state index is -0.498. The van der Waals surface area contributed by atoms with E-state index in [0.29, 0.717) is 46.2 Å². The Labute approximate surface area is 178 Å². The van der Waals surface area contributed by atoms with Crippen molar-refractivity contribution in [2.45, 2.75) is 5.75 Å². The molecule has 0 bridgehead atoms. The Hall–Kier alpha value is -3.32. The van der Waals surface area contributed by atoms with Crippen LogP contribution in [-0.2, 0) is 5.75 Å². The van der Waals surface area contributed by atoms with Gasteiger partial charge in [0.25, 0.3) is 5.91 Å². The van der Waals surface area contributed by atoms with Crippen LogP contribution < -0.4 is 15.8 Å². The number of carbonyl (C=O) groups excluding carboxylic acids is 2. The molecule has 0 aliphatic heterocycles. The maximum absolute atomic E-state index is 13.6. The zero-order chi connectivity index (χ0) is 21.3. The van der Waals surface area contributed by atoms with E-state index >= 15 is 0 Å². The molecule has 3 rings (SSSR count). The van der Waals surface area contributed by atoms with Gasteiger partial charge in [-0.1, -0.05) is 18.2 Å². The minimum absolute atomic E-state index is 0.182. The van der Waals surface area contributed by atoms with Crippen LogP contribution in [0.25, 0.3) is 0 Å². The Morgan fingerprint density at radius 1 is 0.900 bits per heavy atom. The summed E-state index contributed by atoms with van der Waals surface area (Å²) in [5.41, 5.74) is 6.80. The summed E-state index contributed by atoms with van der Waals surface area (Å²) in [6.45, 7) is 0.489. The van der Waals surface area contributed by atoms with Crippen molar-refractivity contribution in [3.05, 3.63) is 95.3 Å². The molecule has 5 nitrogen and oxygen atoms in total. The fourth-order valence-electron chi connectivity index (χ4n) is 2.63. The van der Waals surface area contributed by atoms with Gasteiger partial charge in [0.15, 0.2) is 0 Å². The molecule has 0 unspecified atom stereocenters. The summed E-state index contributed by atoms with van der Waals surface area (Å²) >= 11 is 1.56. The van der Waals surface area contributed by atoms with Crippen LogP contribution in [0.5, 0.6) is 11.5 Å². The normalized spacial score (nSPS) is 10.4. The van der Waals surface area contributed by atoms with E-state index in [2.05, 4.69) is 5.32 Å². The van der Waals surface area contributed by atoms with Gasteiger partial charge in [0.1, 0.15) is 17.3 Å². The maximum Gasteiger partial charge on any atom is 0.251 e. The first kappa shape index (κ1) is 21.4. The number of hydrogen-bond acceptors (Lipinski definition) is 4. The van der Waals surface area contributed by atoms with Gasteiger partial charge >= 0.3 is 0 Å². The van der Waals surface area contributed by atoms with Gasteiger partial charge in [0.05, 0.1) is 0 Å². The number of carbonyl (C=O) groups is 2. The summed E-state index contributed by atoms with van der Waals surface area (Å²) in [5, 5.41) is 2.85. The molecule has 0 saturated heterocycles. The Kier molecular flexibility index (Phi) is 7.45. The topological polar surface area (TPSA) is 81.4 Å². The van der Waals surface area contributed by atoms with E-state index < -0.39 is 5.91 Å². The van der Waals surface area contributed by atoms with Crippen molar-refractivity contribution in [3.8, 4) is 11.5 Å². The van der Waals surface area contributed by atoms with Crippen LogP contribution in [0.15, 0.2) is 72.8 Å². The smallest absolute Gasteiger partial charge is 0.251 e. The van der Waals surface area contributed by atoms with E-state index in [9.17, 15) is 14.0 Å². The molecule has 0 saturated carbocycles. The highest BCUT2D eigenvalue weighted by molar-refractivity contribution is 7.98. The number of hydrogen-bond donors (Lipinski definition) is 2. The largest absolute Gasteiger partial charge is 0.457 e. The molecular formula is C23H21FN2O3S. The van der Waals surface area contributed by atoms with Crippen molar-refractivity contribution in [2.24, 2.45) is 5.73 Å². The molecule has 0 aliphatic carbocycles. The monoisotopic (exact) mass is 424 g/mol. The molecule has 0 radical (unpaired) electrons. The summed E-state index contributed by atoms with van der Waals surface area (Å²) in [4.78, 5) is 23.3. The number of thioether (sulfide) groups is 1. The molecule has 0 spiro atoms. The predicted molar refractivity (Wildman–Crippen MR) is 116 cm³/mol. The Bertz CT molecular complexity index is 1010. The number of benzene rings is 3. The van der Waals surface area contributed by atoms with Crippen LogP contribution in [-0.4, -0.2) is 24.1 Å². The number of halogens is 1. The molecule has 0 atom stereocenters. The highest BCUT2D eigenvalue weighted by Gasteiger charge is 2.07. The highest BCUT2D eigenvalue weighted by atomic mass is 32.2. The number of rotatable bonds is 9. The van der Waals surface area contributed by atoms with Crippen LogP contribution in [0.2, 0.25) is 0 Å². The van der Waals surface area contributed by atoms with E-state index in [4.69, 9.17) is 10.5 Å². The molecule has 0 aliphatic rings. The average Bonchev–Trinajstić information content (AvgIpc) is 2.75. The summed E-state index contributed by atoms with van der Waals surface area (Å²) < 4.78 is 19.3. The van der Waals surface area contributed by atoms with Gasteiger partial charge in [0, 0.05) is 29.2 Å². The molecule has 3 aromatic carbocycles. The van der Waals surface area contributed by atoms with Gasteiger partial charge in [0.2, 0.25) is 5.91 Å². The van der Waals surface area contributed by atoms with E-state index in [0.717, 1.165) is 0 Å². The van der Waals surface area contributed by atoms with Gasteiger partial charge in [-0.25, -0.2) is 4.39 Å². The van der Waals surface area contributed by atoms with Crippen LogP contribution in [0.3, 0.4) is 0 Å². The zero-order valence-corrected chi connectivity index (χ0v) is 17.0. The molecular weight excluding hydrogens is 403 g/mol. The lowest BCUT2D eigenvalue weighted by molar-refractivity contribution is 0.0954. The van der Waals surface area contributed by atoms with Crippen LogP contribution in [0, 0.1) is 5.82 Å². The Morgan fingerprint density at radius 2 is 1.50 bits per heavy atom. The van der Waals surface area contributed by atoms with Crippen LogP contribution in [0.1, 0.15) is 26.3 Å². The SMILES string of the molecule is NC(=O)c1ccc(Oc2ccc(C(=O)NCCSCc3ccccc3F)cc2)cc1. The maximum atomic E-state index is 13.6. The minimum Gasteiger partial charge on any atom is -0.457 e. The van der Waals surface area contributed by atoms with Crippen molar-refractivity contribution in [2.75, 3.05) is 12.3 Å². The second-order valence-electron chi connectivity index (χ2n) is 6.41. The zero-order valence-electron chi connectivity index (χ0n) is 16.1. The fourth-order valence-corrected chi connectivity index (χ4v) is 3.48. The third-order valence-corrected chi connectivity index (χ3v) is 5.25. The Balaban J connectivity index is 1.43. The first-order chi connectivity index (χ1) is 14.5. The van der Waals surface area contributed by atoms with Gasteiger partial charge in [-0.05, 0) is 60.2 Å². The van der Waals surface area contributed by atoms with E-state index in [-0.39, 0.29) is 11.7 Å². The Morgan fingerprint density at radius 3 is 2.10 bits per heavy atom. The molecule has 0 heterocycles. The summed E-state index contributed by atoms with van der Waals surface area (Å²) in [5.74, 6) is 1.49. The predicted octanol–water partition coefficient (Wildman–Crippen LogP) is 4.38. The number of amides is 2. The number of ether oxygens (including phenoxy) is 1. The number of primary amides is 1. The van der Waals surface area contributed by atoms with Crippen molar-refractivity contribution in [1.29, 1.82) is 0 Å². The highest BCUT2D eigenvalue weighted by Crippen LogP contribution is 2.22. The van der Waals surface area contributed by atoms with Gasteiger partial charge in [-0.15, -0.1) is 0 Å².